The van der Waals surface area contributed by atoms with E-state index < -0.39 is 8.80 Å². The highest BCUT2D eigenvalue weighted by atomic mass is 28.4. The van der Waals surface area contributed by atoms with Crippen molar-refractivity contribution >= 4 is 20.2 Å². The highest BCUT2D eigenvalue weighted by Crippen LogP contribution is 2.18. The van der Waals surface area contributed by atoms with Crippen LogP contribution in [-0.4, -0.2) is 36.3 Å². The van der Waals surface area contributed by atoms with Gasteiger partial charge in [0.15, 0.2) is 0 Å². The van der Waals surface area contributed by atoms with Crippen LogP contribution in [0, 0.1) is 0 Å². The van der Waals surface area contributed by atoms with Crippen LogP contribution >= 0.6 is 0 Å². The van der Waals surface area contributed by atoms with Crippen LogP contribution in [0.2, 0.25) is 0 Å². The largest absolute Gasteiger partial charge is 0.520 e. The molecule has 0 aliphatic rings. The van der Waals surface area contributed by atoms with Gasteiger partial charge in [-0.15, -0.1) is 0 Å². The third-order valence-electron chi connectivity index (χ3n) is 2.39. The van der Waals surface area contributed by atoms with E-state index in [2.05, 4.69) is 5.32 Å². The molecule has 0 aromatic heterocycles. The number of rotatable bonds is 6. The van der Waals surface area contributed by atoms with E-state index in [1.165, 1.54) is 0 Å². The SMILES string of the molecule is CO[Si](CNc1ccccc1N)(OC)OC. The lowest BCUT2D eigenvalue weighted by Crippen LogP contribution is -2.49. The fourth-order valence-corrected chi connectivity index (χ4v) is 2.67. The zero-order chi connectivity index (χ0) is 12.0. The van der Waals surface area contributed by atoms with Gasteiger partial charge in [-0.2, -0.15) is 0 Å². The topological polar surface area (TPSA) is 65.7 Å². The number of anilines is 2. The van der Waals surface area contributed by atoms with E-state index in [0.717, 1.165) is 5.69 Å². The third kappa shape index (κ3) is 2.95. The minimum Gasteiger partial charge on any atom is -0.397 e. The summed E-state index contributed by atoms with van der Waals surface area (Å²) in [5, 5.41) is 3.17. The Kier molecular flexibility index (Phi) is 4.75. The van der Waals surface area contributed by atoms with Gasteiger partial charge < -0.3 is 24.3 Å². The van der Waals surface area contributed by atoms with Gasteiger partial charge in [-0.3, -0.25) is 0 Å². The minimum absolute atomic E-state index is 0.477. The number of nitrogen functional groups attached to an aromatic ring is 1. The predicted octanol–water partition coefficient (Wildman–Crippen LogP) is 1.10. The first kappa shape index (κ1) is 13.0. The van der Waals surface area contributed by atoms with E-state index in [1.807, 2.05) is 24.3 Å². The molecule has 90 valence electrons. The smallest absolute Gasteiger partial charge is 0.397 e. The Balaban J connectivity index is 2.66. The van der Waals surface area contributed by atoms with Crippen molar-refractivity contribution in [2.75, 3.05) is 38.5 Å². The molecule has 1 aromatic rings. The number of hydrogen-bond acceptors (Lipinski definition) is 5. The fourth-order valence-electron chi connectivity index (χ4n) is 1.33. The Morgan fingerprint density at radius 1 is 1.12 bits per heavy atom. The molecule has 0 fully saturated rings. The highest BCUT2D eigenvalue weighted by molar-refractivity contribution is 6.61. The monoisotopic (exact) mass is 242 g/mol. The van der Waals surface area contributed by atoms with Crippen LogP contribution in [0.3, 0.4) is 0 Å². The molecule has 0 amide bonds. The van der Waals surface area contributed by atoms with E-state index >= 15 is 0 Å². The summed E-state index contributed by atoms with van der Waals surface area (Å²) in [4.78, 5) is 0. The average Bonchev–Trinajstić information content (AvgIpc) is 2.34. The molecule has 16 heavy (non-hydrogen) atoms. The third-order valence-corrected chi connectivity index (χ3v) is 4.86. The van der Waals surface area contributed by atoms with E-state index in [4.69, 9.17) is 19.0 Å². The van der Waals surface area contributed by atoms with E-state index in [9.17, 15) is 0 Å². The maximum absolute atomic E-state index is 5.80. The van der Waals surface area contributed by atoms with Crippen LogP contribution in [0.4, 0.5) is 11.4 Å². The molecular weight excluding hydrogens is 224 g/mol. The van der Waals surface area contributed by atoms with Gasteiger partial charge in [-0.1, -0.05) is 12.1 Å². The van der Waals surface area contributed by atoms with Crippen molar-refractivity contribution in [2.45, 2.75) is 0 Å². The van der Waals surface area contributed by atoms with Crippen molar-refractivity contribution in [1.29, 1.82) is 0 Å². The van der Waals surface area contributed by atoms with E-state index in [-0.39, 0.29) is 0 Å². The Hall–Kier alpha value is -1.08. The van der Waals surface area contributed by atoms with Crippen LogP contribution in [0.25, 0.3) is 0 Å². The van der Waals surface area contributed by atoms with Crippen LogP contribution in [0.1, 0.15) is 0 Å². The van der Waals surface area contributed by atoms with Crippen molar-refractivity contribution in [1.82, 2.24) is 0 Å². The van der Waals surface area contributed by atoms with Gasteiger partial charge in [0.05, 0.1) is 17.5 Å². The summed E-state index contributed by atoms with van der Waals surface area (Å²) < 4.78 is 15.9. The van der Waals surface area contributed by atoms with Crippen molar-refractivity contribution in [3.8, 4) is 0 Å². The van der Waals surface area contributed by atoms with Crippen LogP contribution in [0.15, 0.2) is 24.3 Å². The second-order valence-electron chi connectivity index (χ2n) is 3.24. The molecule has 0 aliphatic carbocycles. The normalized spacial score (nSPS) is 11.4. The Bertz CT molecular complexity index is 323. The zero-order valence-corrected chi connectivity index (χ0v) is 10.8. The number of nitrogens with two attached hydrogens (primary N) is 1. The first-order valence-corrected chi connectivity index (χ1v) is 6.84. The maximum atomic E-state index is 5.80. The van der Waals surface area contributed by atoms with Crippen molar-refractivity contribution in [2.24, 2.45) is 0 Å². The molecule has 0 radical (unpaired) electrons. The molecule has 5 nitrogen and oxygen atoms in total. The number of benzene rings is 1. The molecule has 0 unspecified atom stereocenters. The summed E-state index contributed by atoms with van der Waals surface area (Å²) in [6.45, 7) is 0. The highest BCUT2D eigenvalue weighted by Gasteiger charge is 2.37. The number of hydrogen-bond donors (Lipinski definition) is 2. The van der Waals surface area contributed by atoms with E-state index in [1.54, 1.807) is 21.3 Å². The lowest BCUT2D eigenvalue weighted by molar-refractivity contribution is 0.127. The summed E-state index contributed by atoms with van der Waals surface area (Å²) >= 11 is 0. The predicted molar refractivity (Wildman–Crippen MR) is 66.1 cm³/mol. The summed E-state index contributed by atoms with van der Waals surface area (Å²) in [6.07, 6.45) is 0.477. The molecule has 6 heteroatoms. The van der Waals surface area contributed by atoms with Gasteiger partial charge in [0, 0.05) is 21.3 Å². The minimum atomic E-state index is -2.59. The Labute approximate surface area is 96.9 Å². The quantitative estimate of drug-likeness (QED) is 0.577. The molecule has 0 saturated heterocycles. The molecule has 0 spiro atoms. The van der Waals surface area contributed by atoms with Gasteiger partial charge >= 0.3 is 8.80 Å². The Morgan fingerprint density at radius 3 is 2.19 bits per heavy atom. The second kappa shape index (κ2) is 5.85. The molecule has 3 N–H and O–H groups in total. The molecule has 0 saturated carbocycles. The number of para-hydroxylation sites is 2. The van der Waals surface area contributed by atoms with Gasteiger partial charge in [-0.25, -0.2) is 0 Å². The first-order chi connectivity index (χ1) is 7.67. The van der Waals surface area contributed by atoms with Crippen LogP contribution < -0.4 is 11.1 Å². The van der Waals surface area contributed by atoms with Gasteiger partial charge in [0.1, 0.15) is 0 Å². The lowest BCUT2D eigenvalue weighted by atomic mass is 10.3. The summed E-state index contributed by atoms with van der Waals surface area (Å²) in [7, 11) is 2.15. The molecule has 1 aromatic carbocycles. The molecule has 1 rings (SSSR count). The second-order valence-corrected chi connectivity index (χ2v) is 6.18. The maximum Gasteiger partial charge on any atom is 0.520 e. The fraction of sp³-hybridized carbons (Fsp3) is 0.400. The molecule has 0 heterocycles. The summed E-state index contributed by atoms with van der Waals surface area (Å²) in [6, 6.07) is 7.52. The summed E-state index contributed by atoms with van der Waals surface area (Å²) in [5.41, 5.74) is 7.35. The van der Waals surface area contributed by atoms with E-state index in [0.29, 0.717) is 11.9 Å². The Morgan fingerprint density at radius 2 is 1.69 bits per heavy atom. The van der Waals surface area contributed by atoms with Gasteiger partial charge in [-0.05, 0) is 12.1 Å². The van der Waals surface area contributed by atoms with Crippen LogP contribution in [-0.2, 0) is 13.3 Å². The molecular formula is C10H18N2O3Si. The molecule has 0 bridgehead atoms. The van der Waals surface area contributed by atoms with Crippen molar-refractivity contribution < 1.29 is 13.3 Å². The zero-order valence-electron chi connectivity index (χ0n) is 9.82. The van der Waals surface area contributed by atoms with Crippen molar-refractivity contribution in [3.63, 3.8) is 0 Å². The first-order valence-electron chi connectivity index (χ1n) is 4.91. The van der Waals surface area contributed by atoms with Crippen molar-refractivity contribution in [3.05, 3.63) is 24.3 Å². The lowest BCUT2D eigenvalue weighted by Gasteiger charge is -2.25. The standard InChI is InChI=1S/C10H18N2O3Si/c1-13-16(14-2,15-3)8-12-10-7-5-4-6-9(10)11/h4-7,12H,8,11H2,1-3H3. The van der Waals surface area contributed by atoms with Gasteiger partial charge in [0.25, 0.3) is 0 Å². The van der Waals surface area contributed by atoms with Gasteiger partial charge in [0.2, 0.25) is 0 Å². The molecule has 0 aliphatic heterocycles. The number of nitrogens with one attached hydrogen (secondary N) is 1. The summed E-state index contributed by atoms with van der Waals surface area (Å²) in [5.74, 6) is 0. The molecule has 0 atom stereocenters. The average molecular weight is 242 g/mol. The van der Waals surface area contributed by atoms with Crippen LogP contribution in [0.5, 0.6) is 0 Å².